The summed E-state index contributed by atoms with van der Waals surface area (Å²) in [5.41, 5.74) is 2.92. The van der Waals surface area contributed by atoms with Crippen molar-refractivity contribution in [3.63, 3.8) is 0 Å². The number of carbonyl (C=O) groups excluding carboxylic acids is 1. The van der Waals surface area contributed by atoms with Crippen LogP contribution in [0.4, 0.5) is 0 Å². The first-order valence-electron chi connectivity index (χ1n) is 5.27. The highest BCUT2D eigenvalue weighted by Crippen LogP contribution is 2.04. The summed E-state index contributed by atoms with van der Waals surface area (Å²) in [5, 5.41) is 0. The molecule has 0 amide bonds. The molecule has 0 N–H and O–H groups in total. The van der Waals surface area contributed by atoms with E-state index in [9.17, 15) is 4.79 Å². The van der Waals surface area contributed by atoms with Crippen LogP contribution in [0.25, 0.3) is 5.69 Å². The van der Waals surface area contributed by atoms with Crippen molar-refractivity contribution in [3.05, 3.63) is 59.9 Å². The van der Waals surface area contributed by atoms with Gasteiger partial charge in [-0.3, -0.25) is 4.79 Å². The third-order valence-corrected chi connectivity index (χ3v) is 2.53. The second-order valence-corrected chi connectivity index (χ2v) is 3.85. The molecule has 0 bridgehead atoms. The van der Waals surface area contributed by atoms with Crippen LogP contribution in [0.15, 0.2) is 48.7 Å². The fraction of sp³-hybridized carbons (Fsp3) is 0.143. The number of pyridine rings is 1. The van der Waals surface area contributed by atoms with Crippen molar-refractivity contribution in [2.75, 3.05) is 0 Å². The summed E-state index contributed by atoms with van der Waals surface area (Å²) >= 11 is 0. The molecule has 0 saturated carbocycles. The standard InChI is InChI=1S/C14H14NO/c1-11-6-8-13(9-7-11)15-10-4-3-5-14(15)12(2)16/h3-10H,1-2H3/q+1. The lowest BCUT2D eigenvalue weighted by atomic mass is 10.2. The Morgan fingerprint density at radius 3 is 2.38 bits per heavy atom. The quantitative estimate of drug-likeness (QED) is 0.553. The van der Waals surface area contributed by atoms with Crippen LogP contribution in [-0.2, 0) is 0 Å². The van der Waals surface area contributed by atoms with Gasteiger partial charge in [-0.25, -0.2) is 0 Å². The van der Waals surface area contributed by atoms with E-state index in [0.29, 0.717) is 5.69 Å². The minimum absolute atomic E-state index is 0.0705. The summed E-state index contributed by atoms with van der Waals surface area (Å²) in [6, 6.07) is 13.7. The lowest BCUT2D eigenvalue weighted by Gasteiger charge is -2.00. The van der Waals surface area contributed by atoms with Crippen LogP contribution < -0.4 is 4.57 Å². The van der Waals surface area contributed by atoms with E-state index in [2.05, 4.69) is 0 Å². The van der Waals surface area contributed by atoms with E-state index in [1.54, 1.807) is 6.92 Å². The summed E-state index contributed by atoms with van der Waals surface area (Å²) in [4.78, 5) is 11.5. The lowest BCUT2D eigenvalue weighted by Crippen LogP contribution is -2.36. The Hall–Kier alpha value is -1.96. The van der Waals surface area contributed by atoms with Crippen molar-refractivity contribution in [1.29, 1.82) is 0 Å². The molecular formula is C14H14NO+. The highest BCUT2D eigenvalue weighted by molar-refractivity contribution is 5.90. The molecule has 16 heavy (non-hydrogen) atoms. The molecule has 0 unspecified atom stereocenters. The zero-order valence-electron chi connectivity index (χ0n) is 9.47. The van der Waals surface area contributed by atoms with Gasteiger partial charge in [0.1, 0.15) is 0 Å². The Morgan fingerprint density at radius 1 is 1.06 bits per heavy atom. The molecule has 1 aromatic carbocycles. The minimum atomic E-state index is 0.0705. The smallest absolute Gasteiger partial charge is 0.254 e. The molecule has 2 rings (SSSR count). The minimum Gasteiger partial charge on any atom is -0.288 e. The maximum Gasteiger partial charge on any atom is 0.254 e. The average molecular weight is 212 g/mol. The van der Waals surface area contributed by atoms with Gasteiger partial charge in [0.25, 0.3) is 5.69 Å². The van der Waals surface area contributed by atoms with Gasteiger partial charge in [-0.15, -0.1) is 0 Å². The van der Waals surface area contributed by atoms with E-state index in [-0.39, 0.29) is 5.78 Å². The number of benzene rings is 1. The topological polar surface area (TPSA) is 20.9 Å². The highest BCUT2D eigenvalue weighted by Gasteiger charge is 2.15. The third-order valence-electron chi connectivity index (χ3n) is 2.53. The summed E-state index contributed by atoms with van der Waals surface area (Å²) in [5.74, 6) is 0.0705. The normalized spacial score (nSPS) is 10.1. The summed E-state index contributed by atoms with van der Waals surface area (Å²) < 4.78 is 1.90. The molecular weight excluding hydrogens is 198 g/mol. The molecule has 2 aromatic rings. The molecule has 2 nitrogen and oxygen atoms in total. The van der Waals surface area contributed by atoms with Crippen molar-refractivity contribution in [3.8, 4) is 5.69 Å². The number of hydrogen-bond donors (Lipinski definition) is 0. The molecule has 1 aromatic heterocycles. The average Bonchev–Trinajstić information content (AvgIpc) is 2.30. The maximum atomic E-state index is 11.5. The number of Topliss-reactive ketones (excluding diaryl/α,β-unsaturated/α-hetero) is 1. The summed E-state index contributed by atoms with van der Waals surface area (Å²) in [6.45, 7) is 3.63. The van der Waals surface area contributed by atoms with Crippen LogP contribution >= 0.6 is 0 Å². The molecule has 0 spiro atoms. The molecule has 0 aliphatic heterocycles. The molecule has 0 fully saturated rings. The Morgan fingerprint density at radius 2 is 1.75 bits per heavy atom. The Balaban J connectivity index is 2.55. The van der Waals surface area contributed by atoms with Gasteiger partial charge in [-0.05, 0) is 13.0 Å². The van der Waals surface area contributed by atoms with Gasteiger partial charge in [0.15, 0.2) is 6.20 Å². The van der Waals surface area contributed by atoms with Crippen molar-refractivity contribution in [2.45, 2.75) is 13.8 Å². The van der Waals surface area contributed by atoms with E-state index in [1.807, 2.05) is 60.2 Å². The molecule has 0 saturated heterocycles. The number of ketones is 1. The monoisotopic (exact) mass is 212 g/mol. The zero-order chi connectivity index (χ0) is 11.5. The van der Waals surface area contributed by atoms with Gasteiger partial charge in [-0.1, -0.05) is 17.7 Å². The van der Waals surface area contributed by atoms with Crippen LogP contribution in [-0.4, -0.2) is 5.78 Å². The van der Waals surface area contributed by atoms with Crippen molar-refractivity contribution in [1.82, 2.24) is 0 Å². The van der Waals surface area contributed by atoms with E-state index >= 15 is 0 Å². The molecule has 80 valence electrons. The third kappa shape index (κ3) is 2.01. The number of rotatable bonds is 2. The lowest BCUT2D eigenvalue weighted by molar-refractivity contribution is -0.598. The van der Waals surface area contributed by atoms with Gasteiger partial charge in [0.05, 0.1) is 0 Å². The van der Waals surface area contributed by atoms with Gasteiger partial charge < -0.3 is 0 Å². The van der Waals surface area contributed by atoms with Crippen LogP contribution in [0, 0.1) is 6.92 Å². The van der Waals surface area contributed by atoms with Crippen LogP contribution in [0.5, 0.6) is 0 Å². The van der Waals surface area contributed by atoms with Crippen molar-refractivity contribution < 1.29 is 9.36 Å². The Kier molecular flexibility index (Phi) is 2.82. The molecule has 0 aliphatic rings. The second kappa shape index (κ2) is 4.27. The number of carbonyl (C=O) groups is 1. The maximum absolute atomic E-state index is 11.5. The highest BCUT2D eigenvalue weighted by atomic mass is 16.1. The number of hydrogen-bond acceptors (Lipinski definition) is 1. The van der Waals surface area contributed by atoms with Gasteiger partial charge in [-0.2, -0.15) is 4.57 Å². The number of aromatic nitrogens is 1. The first-order chi connectivity index (χ1) is 7.68. The fourth-order valence-electron chi connectivity index (χ4n) is 1.66. The molecule has 0 aliphatic carbocycles. The Labute approximate surface area is 95.2 Å². The van der Waals surface area contributed by atoms with E-state index in [0.717, 1.165) is 5.69 Å². The first kappa shape index (κ1) is 10.6. The van der Waals surface area contributed by atoms with E-state index < -0.39 is 0 Å². The predicted molar refractivity (Wildman–Crippen MR) is 62.7 cm³/mol. The first-order valence-corrected chi connectivity index (χ1v) is 5.27. The number of nitrogens with zero attached hydrogens (tertiary/aromatic N) is 1. The molecule has 0 atom stereocenters. The predicted octanol–water partition coefficient (Wildman–Crippen LogP) is 2.47. The zero-order valence-corrected chi connectivity index (χ0v) is 9.47. The second-order valence-electron chi connectivity index (χ2n) is 3.85. The van der Waals surface area contributed by atoms with Gasteiger partial charge in [0, 0.05) is 31.2 Å². The molecule has 2 heteroatoms. The van der Waals surface area contributed by atoms with E-state index in [4.69, 9.17) is 0 Å². The van der Waals surface area contributed by atoms with Crippen LogP contribution in [0.2, 0.25) is 0 Å². The molecule has 1 heterocycles. The Bertz CT molecular complexity index is 515. The largest absolute Gasteiger partial charge is 0.288 e. The van der Waals surface area contributed by atoms with Crippen molar-refractivity contribution >= 4 is 5.78 Å². The number of aryl methyl sites for hydroxylation is 1. The van der Waals surface area contributed by atoms with Gasteiger partial charge >= 0.3 is 0 Å². The summed E-state index contributed by atoms with van der Waals surface area (Å²) in [6.07, 6.45) is 1.90. The fourth-order valence-corrected chi connectivity index (χ4v) is 1.66. The van der Waals surface area contributed by atoms with Crippen molar-refractivity contribution in [2.24, 2.45) is 0 Å². The molecule has 0 radical (unpaired) electrons. The SMILES string of the molecule is CC(=O)c1cccc[n+]1-c1ccc(C)cc1. The van der Waals surface area contributed by atoms with E-state index in [1.165, 1.54) is 5.56 Å². The van der Waals surface area contributed by atoms with Gasteiger partial charge in [0.2, 0.25) is 11.5 Å². The van der Waals surface area contributed by atoms with Crippen LogP contribution in [0.1, 0.15) is 23.0 Å². The van der Waals surface area contributed by atoms with Crippen LogP contribution in [0.3, 0.4) is 0 Å². The summed E-state index contributed by atoms with van der Waals surface area (Å²) in [7, 11) is 0.